The number of rotatable bonds is 5. The van der Waals surface area contributed by atoms with E-state index in [2.05, 4.69) is 22.2 Å². The normalized spacial score (nSPS) is 21.3. The molecule has 1 N–H and O–H groups in total. The van der Waals surface area contributed by atoms with Gasteiger partial charge in [0.15, 0.2) is 0 Å². The summed E-state index contributed by atoms with van der Waals surface area (Å²) >= 11 is 6.55. The van der Waals surface area contributed by atoms with Crippen molar-refractivity contribution in [2.45, 2.75) is 31.7 Å². The van der Waals surface area contributed by atoms with Crippen LogP contribution in [0.2, 0.25) is 5.02 Å². The first kappa shape index (κ1) is 22.2. The summed E-state index contributed by atoms with van der Waals surface area (Å²) in [4.78, 5) is 32.8. The molecule has 33 heavy (non-hydrogen) atoms. The molecule has 0 aromatic heterocycles. The van der Waals surface area contributed by atoms with Crippen molar-refractivity contribution in [3.63, 3.8) is 0 Å². The minimum atomic E-state index is -0.106. The Morgan fingerprint density at radius 2 is 1.76 bits per heavy atom. The van der Waals surface area contributed by atoms with Gasteiger partial charge in [-0.3, -0.25) is 9.59 Å². The standard InChI is InChI=1S/C26H31ClN4O2/c1-29-14-15-31(24(17-29)20-6-2-3-7-22(20)27)26(33)21-11-10-19(28-25(32)18-8-9-18)16-23(21)30-12-4-5-13-30/h2-3,6-7,10-11,16,18,24H,4-5,8-9,12-15,17H2,1H3,(H,28,32). The summed E-state index contributed by atoms with van der Waals surface area (Å²) in [6.07, 6.45) is 4.16. The van der Waals surface area contributed by atoms with E-state index >= 15 is 0 Å². The molecule has 2 aromatic rings. The number of carbonyl (C=O) groups excluding carboxylic acids is 2. The topological polar surface area (TPSA) is 55.9 Å². The second kappa shape index (κ2) is 9.35. The molecule has 2 aliphatic heterocycles. The van der Waals surface area contributed by atoms with Gasteiger partial charge < -0.3 is 20.0 Å². The van der Waals surface area contributed by atoms with E-state index in [1.807, 2.05) is 47.4 Å². The lowest BCUT2D eigenvalue weighted by Crippen LogP contribution is -2.49. The maximum absolute atomic E-state index is 14.0. The summed E-state index contributed by atoms with van der Waals surface area (Å²) in [6, 6.07) is 13.4. The van der Waals surface area contributed by atoms with Crippen molar-refractivity contribution in [2.24, 2.45) is 5.92 Å². The van der Waals surface area contributed by atoms with Gasteiger partial charge in [0, 0.05) is 49.4 Å². The molecule has 5 rings (SSSR count). The number of likely N-dealkylation sites (N-methyl/N-ethyl adjacent to an activating group) is 1. The Kier molecular flexibility index (Phi) is 6.30. The van der Waals surface area contributed by atoms with Crippen molar-refractivity contribution in [3.8, 4) is 0 Å². The first-order valence-electron chi connectivity index (χ1n) is 11.9. The highest BCUT2D eigenvalue weighted by Crippen LogP contribution is 2.36. The molecule has 0 spiro atoms. The van der Waals surface area contributed by atoms with Crippen LogP contribution in [0, 0.1) is 5.92 Å². The molecule has 2 saturated heterocycles. The van der Waals surface area contributed by atoms with Crippen LogP contribution < -0.4 is 10.2 Å². The first-order valence-corrected chi connectivity index (χ1v) is 12.3. The lowest BCUT2D eigenvalue weighted by Gasteiger charge is -2.41. The Morgan fingerprint density at radius 3 is 2.48 bits per heavy atom. The van der Waals surface area contributed by atoms with E-state index in [0.717, 1.165) is 68.8 Å². The number of anilines is 2. The third kappa shape index (κ3) is 4.73. The van der Waals surface area contributed by atoms with Gasteiger partial charge in [0.05, 0.1) is 17.3 Å². The summed E-state index contributed by atoms with van der Waals surface area (Å²) < 4.78 is 0. The molecule has 2 amide bonds. The summed E-state index contributed by atoms with van der Waals surface area (Å²) in [6.45, 7) is 4.06. The molecule has 1 unspecified atom stereocenters. The monoisotopic (exact) mass is 466 g/mol. The molecular formula is C26H31ClN4O2. The van der Waals surface area contributed by atoms with Crippen LogP contribution in [0.3, 0.4) is 0 Å². The average Bonchev–Trinajstić information content (AvgIpc) is 3.53. The van der Waals surface area contributed by atoms with Crippen molar-refractivity contribution < 1.29 is 9.59 Å². The predicted molar refractivity (Wildman–Crippen MR) is 132 cm³/mol. The summed E-state index contributed by atoms with van der Waals surface area (Å²) in [5.41, 5.74) is 3.37. The summed E-state index contributed by atoms with van der Waals surface area (Å²) in [5, 5.41) is 3.74. The highest BCUT2D eigenvalue weighted by molar-refractivity contribution is 6.31. The number of nitrogens with one attached hydrogen (secondary N) is 1. The molecule has 1 aliphatic carbocycles. The zero-order valence-electron chi connectivity index (χ0n) is 19.1. The maximum Gasteiger partial charge on any atom is 0.256 e. The molecule has 2 heterocycles. The second-order valence-electron chi connectivity index (χ2n) is 9.49. The fourth-order valence-electron chi connectivity index (χ4n) is 4.93. The molecule has 1 saturated carbocycles. The maximum atomic E-state index is 14.0. The van der Waals surface area contributed by atoms with Gasteiger partial charge in [-0.25, -0.2) is 0 Å². The van der Waals surface area contributed by atoms with Crippen LogP contribution >= 0.6 is 11.6 Å². The van der Waals surface area contributed by atoms with Gasteiger partial charge in [-0.15, -0.1) is 0 Å². The molecular weight excluding hydrogens is 436 g/mol. The third-order valence-electron chi connectivity index (χ3n) is 7.00. The number of amides is 2. The van der Waals surface area contributed by atoms with Gasteiger partial charge in [-0.1, -0.05) is 29.8 Å². The lowest BCUT2D eigenvalue weighted by molar-refractivity contribution is -0.117. The number of halogens is 1. The number of piperazine rings is 1. The smallest absolute Gasteiger partial charge is 0.256 e. The number of hydrogen-bond donors (Lipinski definition) is 1. The van der Waals surface area contributed by atoms with Gasteiger partial charge in [0.25, 0.3) is 5.91 Å². The van der Waals surface area contributed by atoms with Crippen LogP contribution in [0.25, 0.3) is 0 Å². The van der Waals surface area contributed by atoms with E-state index in [0.29, 0.717) is 17.1 Å². The average molecular weight is 467 g/mol. The molecule has 0 bridgehead atoms. The minimum Gasteiger partial charge on any atom is -0.371 e. The van der Waals surface area contributed by atoms with E-state index in [-0.39, 0.29) is 23.8 Å². The van der Waals surface area contributed by atoms with Crippen LogP contribution in [0.4, 0.5) is 11.4 Å². The Morgan fingerprint density at radius 1 is 1.00 bits per heavy atom. The highest BCUT2D eigenvalue weighted by atomic mass is 35.5. The lowest BCUT2D eigenvalue weighted by atomic mass is 10.00. The highest BCUT2D eigenvalue weighted by Gasteiger charge is 2.34. The van der Waals surface area contributed by atoms with Crippen molar-refractivity contribution in [2.75, 3.05) is 50.0 Å². The Labute approximate surface area is 200 Å². The van der Waals surface area contributed by atoms with Gasteiger partial charge in [-0.05, 0) is 62.6 Å². The van der Waals surface area contributed by atoms with Crippen molar-refractivity contribution in [3.05, 3.63) is 58.6 Å². The molecule has 1 atom stereocenters. The van der Waals surface area contributed by atoms with Gasteiger partial charge >= 0.3 is 0 Å². The minimum absolute atomic E-state index is 0.0231. The molecule has 3 fully saturated rings. The number of nitrogens with zero attached hydrogens (tertiary/aromatic N) is 3. The fourth-order valence-corrected chi connectivity index (χ4v) is 5.19. The predicted octanol–water partition coefficient (Wildman–Crippen LogP) is 4.42. The number of hydrogen-bond acceptors (Lipinski definition) is 4. The largest absolute Gasteiger partial charge is 0.371 e. The molecule has 7 heteroatoms. The van der Waals surface area contributed by atoms with Crippen LogP contribution in [-0.4, -0.2) is 61.4 Å². The SMILES string of the molecule is CN1CCN(C(=O)c2ccc(NC(=O)C3CC3)cc2N2CCCC2)C(c2ccccc2Cl)C1. The zero-order chi connectivity index (χ0) is 22.9. The van der Waals surface area contributed by atoms with Crippen LogP contribution in [-0.2, 0) is 4.79 Å². The van der Waals surface area contributed by atoms with Crippen LogP contribution in [0.15, 0.2) is 42.5 Å². The first-order chi connectivity index (χ1) is 16.0. The van der Waals surface area contributed by atoms with E-state index in [4.69, 9.17) is 11.6 Å². The summed E-state index contributed by atoms with van der Waals surface area (Å²) in [7, 11) is 2.08. The van der Waals surface area contributed by atoms with E-state index in [1.54, 1.807) is 0 Å². The van der Waals surface area contributed by atoms with Crippen molar-refractivity contribution >= 4 is 34.8 Å². The Bertz CT molecular complexity index is 1050. The quantitative estimate of drug-likeness (QED) is 0.708. The number of benzene rings is 2. The summed E-state index contributed by atoms with van der Waals surface area (Å²) in [5.74, 6) is 0.248. The third-order valence-corrected chi connectivity index (χ3v) is 7.34. The second-order valence-corrected chi connectivity index (χ2v) is 9.89. The van der Waals surface area contributed by atoms with Crippen LogP contribution in [0.5, 0.6) is 0 Å². The van der Waals surface area contributed by atoms with Gasteiger partial charge in [-0.2, -0.15) is 0 Å². The van der Waals surface area contributed by atoms with Gasteiger partial charge in [0.1, 0.15) is 0 Å². The fraction of sp³-hybridized carbons (Fsp3) is 0.462. The van der Waals surface area contributed by atoms with E-state index < -0.39 is 0 Å². The molecule has 2 aromatic carbocycles. The zero-order valence-corrected chi connectivity index (χ0v) is 19.9. The molecule has 0 radical (unpaired) electrons. The Hall–Kier alpha value is -2.57. The number of carbonyl (C=O) groups is 2. The molecule has 6 nitrogen and oxygen atoms in total. The van der Waals surface area contributed by atoms with Crippen molar-refractivity contribution in [1.29, 1.82) is 0 Å². The Balaban J connectivity index is 1.47. The molecule has 3 aliphatic rings. The van der Waals surface area contributed by atoms with E-state index in [9.17, 15) is 9.59 Å². The van der Waals surface area contributed by atoms with Gasteiger partial charge in [0.2, 0.25) is 5.91 Å². The molecule has 174 valence electrons. The van der Waals surface area contributed by atoms with E-state index in [1.165, 1.54) is 0 Å². The van der Waals surface area contributed by atoms with Crippen molar-refractivity contribution in [1.82, 2.24) is 9.80 Å². The van der Waals surface area contributed by atoms with Crippen LogP contribution in [0.1, 0.15) is 47.6 Å².